The van der Waals surface area contributed by atoms with Crippen molar-refractivity contribution in [3.63, 3.8) is 0 Å². The Morgan fingerprint density at radius 2 is 1.57 bits per heavy atom. The van der Waals surface area contributed by atoms with Gasteiger partial charge in [0.15, 0.2) is 23.0 Å². The minimum atomic E-state index is -0.0146. The van der Waals surface area contributed by atoms with Crippen LogP contribution in [0.5, 0.6) is 23.0 Å². The third kappa shape index (κ3) is 7.04. The predicted octanol–water partition coefficient (Wildman–Crippen LogP) is 3.71. The van der Waals surface area contributed by atoms with E-state index >= 15 is 0 Å². The lowest BCUT2D eigenvalue weighted by Gasteiger charge is -2.32. The Morgan fingerprint density at radius 1 is 0.914 bits per heavy atom. The Kier molecular flexibility index (Phi) is 9.64. The number of carbonyl (C=O) groups excluding carboxylic acids is 2. The predicted molar refractivity (Wildman–Crippen MR) is 134 cm³/mol. The van der Waals surface area contributed by atoms with Crippen LogP contribution >= 0.6 is 0 Å². The summed E-state index contributed by atoms with van der Waals surface area (Å²) in [5, 5.41) is 3.06. The highest BCUT2D eigenvalue weighted by molar-refractivity contribution is 5.95. The molecule has 1 aliphatic rings. The van der Waals surface area contributed by atoms with Crippen molar-refractivity contribution in [1.82, 2.24) is 10.2 Å². The average molecular weight is 485 g/mol. The molecule has 0 aliphatic carbocycles. The van der Waals surface area contributed by atoms with Gasteiger partial charge in [-0.1, -0.05) is 6.07 Å². The number of likely N-dealkylation sites (tertiary alicyclic amines) is 1. The number of hydrogen-bond donors (Lipinski definition) is 1. The number of ether oxygens (including phenoxy) is 4. The van der Waals surface area contributed by atoms with Gasteiger partial charge in [0.25, 0.3) is 5.91 Å². The first-order valence-electron chi connectivity index (χ1n) is 12.1. The second-order valence-electron chi connectivity index (χ2n) is 8.53. The molecule has 8 heteroatoms. The fourth-order valence-corrected chi connectivity index (χ4v) is 4.24. The molecule has 0 spiro atoms. The van der Waals surface area contributed by atoms with Gasteiger partial charge in [-0.2, -0.15) is 0 Å². The summed E-state index contributed by atoms with van der Waals surface area (Å²) in [4.78, 5) is 27.2. The smallest absolute Gasteiger partial charge is 0.253 e. The van der Waals surface area contributed by atoms with E-state index in [-0.39, 0.29) is 11.8 Å². The lowest BCUT2D eigenvalue weighted by Crippen LogP contribution is -2.41. The molecule has 190 valence electrons. The SMILES string of the molecule is CCOc1ccc(CCC(=O)NCC2CCN(C(=O)c3ccc(OC)c(OC)c3)CC2)cc1OC. The number of nitrogens with one attached hydrogen (secondary N) is 1. The minimum Gasteiger partial charge on any atom is -0.493 e. The van der Waals surface area contributed by atoms with Crippen LogP contribution in [0.4, 0.5) is 0 Å². The van der Waals surface area contributed by atoms with E-state index in [0.29, 0.717) is 73.6 Å². The molecule has 1 heterocycles. The summed E-state index contributed by atoms with van der Waals surface area (Å²) in [5.74, 6) is 2.90. The van der Waals surface area contributed by atoms with Gasteiger partial charge in [0, 0.05) is 31.6 Å². The van der Waals surface area contributed by atoms with Gasteiger partial charge < -0.3 is 29.2 Å². The molecule has 0 atom stereocenters. The van der Waals surface area contributed by atoms with Crippen molar-refractivity contribution in [1.29, 1.82) is 0 Å². The summed E-state index contributed by atoms with van der Waals surface area (Å²) in [6.07, 6.45) is 2.76. The molecule has 2 aromatic carbocycles. The van der Waals surface area contributed by atoms with Crippen LogP contribution in [0.25, 0.3) is 0 Å². The van der Waals surface area contributed by atoms with E-state index in [1.165, 1.54) is 0 Å². The summed E-state index contributed by atoms with van der Waals surface area (Å²) >= 11 is 0. The van der Waals surface area contributed by atoms with E-state index in [1.807, 2.05) is 30.0 Å². The van der Waals surface area contributed by atoms with Gasteiger partial charge >= 0.3 is 0 Å². The third-order valence-electron chi connectivity index (χ3n) is 6.29. The average Bonchev–Trinajstić information content (AvgIpc) is 2.90. The molecular weight excluding hydrogens is 448 g/mol. The number of benzene rings is 2. The fourth-order valence-electron chi connectivity index (χ4n) is 4.24. The van der Waals surface area contributed by atoms with E-state index < -0.39 is 0 Å². The monoisotopic (exact) mass is 484 g/mol. The van der Waals surface area contributed by atoms with E-state index in [4.69, 9.17) is 18.9 Å². The number of carbonyl (C=O) groups is 2. The molecule has 2 amide bonds. The molecular formula is C27H36N2O6. The molecule has 1 aliphatic heterocycles. The highest BCUT2D eigenvalue weighted by atomic mass is 16.5. The number of nitrogens with zero attached hydrogens (tertiary/aromatic N) is 1. The number of hydrogen-bond acceptors (Lipinski definition) is 6. The van der Waals surface area contributed by atoms with Crippen LogP contribution in [-0.4, -0.2) is 64.3 Å². The van der Waals surface area contributed by atoms with Crippen LogP contribution in [0.15, 0.2) is 36.4 Å². The molecule has 3 rings (SSSR count). The first-order chi connectivity index (χ1) is 17.0. The zero-order chi connectivity index (χ0) is 25.2. The van der Waals surface area contributed by atoms with E-state index in [2.05, 4.69) is 5.32 Å². The lowest BCUT2D eigenvalue weighted by molar-refractivity contribution is -0.121. The van der Waals surface area contributed by atoms with Crippen LogP contribution in [0.3, 0.4) is 0 Å². The highest BCUT2D eigenvalue weighted by Gasteiger charge is 2.24. The first-order valence-corrected chi connectivity index (χ1v) is 12.1. The molecule has 1 fully saturated rings. The molecule has 2 aromatic rings. The van der Waals surface area contributed by atoms with Gasteiger partial charge in [-0.05, 0) is 68.0 Å². The number of methoxy groups -OCH3 is 3. The summed E-state index contributed by atoms with van der Waals surface area (Å²) < 4.78 is 21.5. The number of rotatable bonds is 11. The van der Waals surface area contributed by atoms with Crippen molar-refractivity contribution in [3.05, 3.63) is 47.5 Å². The second-order valence-corrected chi connectivity index (χ2v) is 8.53. The van der Waals surface area contributed by atoms with Crippen molar-refractivity contribution < 1.29 is 28.5 Å². The van der Waals surface area contributed by atoms with Crippen LogP contribution in [0, 0.1) is 5.92 Å². The van der Waals surface area contributed by atoms with Crippen LogP contribution in [0.1, 0.15) is 42.1 Å². The van der Waals surface area contributed by atoms with E-state index in [1.54, 1.807) is 39.5 Å². The Morgan fingerprint density at radius 3 is 2.23 bits per heavy atom. The maximum Gasteiger partial charge on any atom is 0.253 e. The van der Waals surface area contributed by atoms with Crippen LogP contribution in [-0.2, 0) is 11.2 Å². The zero-order valence-electron chi connectivity index (χ0n) is 21.1. The van der Waals surface area contributed by atoms with Gasteiger partial charge in [0.1, 0.15) is 0 Å². The third-order valence-corrected chi connectivity index (χ3v) is 6.29. The van der Waals surface area contributed by atoms with Crippen molar-refractivity contribution in [2.45, 2.75) is 32.6 Å². The van der Waals surface area contributed by atoms with E-state index in [9.17, 15) is 9.59 Å². The summed E-state index contributed by atoms with van der Waals surface area (Å²) in [7, 11) is 4.74. The van der Waals surface area contributed by atoms with Crippen molar-refractivity contribution >= 4 is 11.8 Å². The summed E-state index contributed by atoms with van der Waals surface area (Å²) in [6.45, 7) is 4.46. The molecule has 1 N–H and O–H groups in total. The molecule has 1 saturated heterocycles. The Balaban J connectivity index is 1.42. The molecule has 0 unspecified atom stereocenters. The van der Waals surface area contributed by atoms with Gasteiger partial charge in [0.2, 0.25) is 5.91 Å². The van der Waals surface area contributed by atoms with Crippen LogP contribution < -0.4 is 24.3 Å². The molecule has 0 aromatic heterocycles. The molecule has 0 radical (unpaired) electrons. The number of amides is 2. The first kappa shape index (κ1) is 26.2. The molecule has 8 nitrogen and oxygen atoms in total. The van der Waals surface area contributed by atoms with Crippen LogP contribution in [0.2, 0.25) is 0 Å². The number of aryl methyl sites for hydroxylation is 1. The minimum absolute atomic E-state index is 0.0146. The fraction of sp³-hybridized carbons (Fsp3) is 0.481. The maximum absolute atomic E-state index is 12.9. The Labute approximate surface area is 207 Å². The highest BCUT2D eigenvalue weighted by Crippen LogP contribution is 2.29. The normalized spacial score (nSPS) is 13.8. The topological polar surface area (TPSA) is 86.3 Å². The summed E-state index contributed by atoms with van der Waals surface area (Å²) in [6, 6.07) is 11.0. The number of piperidine rings is 1. The molecule has 0 saturated carbocycles. The van der Waals surface area contributed by atoms with Gasteiger partial charge in [-0.15, -0.1) is 0 Å². The Hall–Kier alpha value is -3.42. The van der Waals surface area contributed by atoms with Gasteiger partial charge in [-0.3, -0.25) is 9.59 Å². The molecule has 35 heavy (non-hydrogen) atoms. The molecule has 0 bridgehead atoms. The van der Waals surface area contributed by atoms with Gasteiger partial charge in [-0.25, -0.2) is 0 Å². The van der Waals surface area contributed by atoms with E-state index in [0.717, 1.165) is 18.4 Å². The second kappa shape index (κ2) is 12.9. The lowest BCUT2D eigenvalue weighted by atomic mass is 9.96. The van der Waals surface area contributed by atoms with Crippen molar-refractivity contribution in [3.8, 4) is 23.0 Å². The maximum atomic E-state index is 12.9. The summed E-state index contributed by atoms with van der Waals surface area (Å²) in [5.41, 5.74) is 1.61. The van der Waals surface area contributed by atoms with Crippen molar-refractivity contribution in [2.24, 2.45) is 5.92 Å². The zero-order valence-corrected chi connectivity index (χ0v) is 21.1. The quantitative estimate of drug-likeness (QED) is 0.523. The standard InChI is InChI=1S/C27H36N2O6/c1-5-35-23-9-6-19(16-24(23)33-3)7-11-26(30)28-18-20-12-14-29(15-13-20)27(31)21-8-10-22(32-2)25(17-21)34-4/h6,8-10,16-17,20H,5,7,11-15,18H2,1-4H3,(H,28,30). The van der Waals surface area contributed by atoms with Gasteiger partial charge in [0.05, 0.1) is 27.9 Å². The Bertz CT molecular complexity index is 1000. The van der Waals surface area contributed by atoms with Crippen molar-refractivity contribution in [2.75, 3.05) is 47.6 Å². The largest absolute Gasteiger partial charge is 0.493 e.